The summed E-state index contributed by atoms with van der Waals surface area (Å²) < 4.78 is 21.9. The van der Waals surface area contributed by atoms with Gasteiger partial charge in [0.1, 0.15) is 17.1 Å². The van der Waals surface area contributed by atoms with Gasteiger partial charge in [0.2, 0.25) is 17.1 Å². The molecule has 0 aliphatic heterocycles. The summed E-state index contributed by atoms with van der Waals surface area (Å²) >= 11 is 0. The Kier molecular flexibility index (Phi) is 5.03. The maximum Gasteiger partial charge on any atom is 0.235 e. The molecule has 1 aromatic heterocycles. The molecule has 0 bridgehead atoms. The Hall–Kier alpha value is -3.48. The van der Waals surface area contributed by atoms with Crippen LogP contribution in [0.25, 0.3) is 22.3 Å². The van der Waals surface area contributed by atoms with Crippen molar-refractivity contribution in [1.82, 2.24) is 0 Å². The van der Waals surface area contributed by atoms with E-state index in [2.05, 4.69) is 5.32 Å². The Morgan fingerprint density at radius 1 is 0.963 bits per heavy atom. The first-order valence-corrected chi connectivity index (χ1v) is 8.12. The van der Waals surface area contributed by atoms with E-state index in [0.29, 0.717) is 33.7 Å². The summed E-state index contributed by atoms with van der Waals surface area (Å²) in [6, 6.07) is 10.0. The first kappa shape index (κ1) is 18.3. The van der Waals surface area contributed by atoms with Crippen molar-refractivity contribution in [3.8, 4) is 28.6 Å². The number of methoxy groups -OCH3 is 3. The van der Waals surface area contributed by atoms with Crippen molar-refractivity contribution < 1.29 is 23.4 Å². The van der Waals surface area contributed by atoms with Crippen LogP contribution in [-0.2, 0) is 4.79 Å². The van der Waals surface area contributed by atoms with Crippen LogP contribution in [0.3, 0.4) is 0 Å². The Bertz CT molecular complexity index is 1050. The van der Waals surface area contributed by atoms with Crippen LogP contribution in [0.4, 0.5) is 5.69 Å². The molecule has 0 atom stereocenters. The van der Waals surface area contributed by atoms with Gasteiger partial charge in [0, 0.05) is 24.2 Å². The number of nitrogens with one attached hydrogen (secondary N) is 1. The van der Waals surface area contributed by atoms with E-state index >= 15 is 0 Å². The molecule has 3 aromatic rings. The van der Waals surface area contributed by atoms with Crippen molar-refractivity contribution in [2.75, 3.05) is 26.6 Å². The molecule has 140 valence electrons. The summed E-state index contributed by atoms with van der Waals surface area (Å²) in [5.41, 5.74) is 1.10. The molecule has 0 aliphatic rings. The molecule has 1 N–H and O–H groups in total. The van der Waals surface area contributed by atoms with E-state index in [1.807, 2.05) is 0 Å². The molecule has 3 rings (SSSR count). The highest BCUT2D eigenvalue weighted by molar-refractivity contribution is 5.92. The predicted octanol–water partition coefficient (Wildman–Crippen LogP) is 3.44. The smallest absolute Gasteiger partial charge is 0.235 e. The van der Waals surface area contributed by atoms with E-state index in [4.69, 9.17) is 18.6 Å². The largest absolute Gasteiger partial charge is 0.497 e. The monoisotopic (exact) mass is 369 g/mol. The summed E-state index contributed by atoms with van der Waals surface area (Å²) in [5, 5.41) is 2.95. The van der Waals surface area contributed by atoms with Crippen LogP contribution in [0, 0.1) is 0 Å². The third kappa shape index (κ3) is 3.57. The van der Waals surface area contributed by atoms with Gasteiger partial charge in [-0.05, 0) is 30.3 Å². The lowest BCUT2D eigenvalue weighted by atomic mass is 10.1. The van der Waals surface area contributed by atoms with Gasteiger partial charge in [-0.3, -0.25) is 9.59 Å². The van der Waals surface area contributed by atoms with Crippen molar-refractivity contribution in [3.05, 3.63) is 46.6 Å². The normalized spacial score (nSPS) is 10.5. The van der Waals surface area contributed by atoms with E-state index in [9.17, 15) is 9.59 Å². The molecular weight excluding hydrogens is 350 g/mol. The maximum absolute atomic E-state index is 12.9. The maximum atomic E-state index is 12.9. The molecule has 0 spiro atoms. The number of amides is 1. The third-order valence-electron chi connectivity index (χ3n) is 3.99. The molecule has 1 heterocycles. The fourth-order valence-electron chi connectivity index (χ4n) is 2.77. The number of carbonyl (C=O) groups is 1. The number of ether oxygens (including phenoxy) is 3. The van der Waals surface area contributed by atoms with Gasteiger partial charge in [-0.15, -0.1) is 0 Å². The molecule has 0 saturated heterocycles. The highest BCUT2D eigenvalue weighted by atomic mass is 16.5. The molecule has 1 amide bonds. The average molecular weight is 369 g/mol. The number of rotatable bonds is 5. The van der Waals surface area contributed by atoms with Crippen LogP contribution in [0.15, 0.2) is 45.6 Å². The van der Waals surface area contributed by atoms with Crippen LogP contribution < -0.4 is 25.0 Å². The van der Waals surface area contributed by atoms with E-state index in [1.54, 1.807) is 36.4 Å². The average Bonchev–Trinajstić information content (AvgIpc) is 2.67. The minimum Gasteiger partial charge on any atom is -0.497 e. The van der Waals surface area contributed by atoms with E-state index in [0.717, 1.165) is 0 Å². The SMILES string of the molecule is COc1cc(OC)cc(-c2oc3ccc(NC(C)=O)cc3c(=O)c2OC)c1. The molecule has 2 aromatic carbocycles. The van der Waals surface area contributed by atoms with Crippen LogP contribution in [-0.4, -0.2) is 27.2 Å². The third-order valence-corrected chi connectivity index (χ3v) is 3.99. The van der Waals surface area contributed by atoms with Crippen molar-refractivity contribution in [2.45, 2.75) is 6.92 Å². The summed E-state index contributed by atoms with van der Waals surface area (Å²) in [4.78, 5) is 24.2. The zero-order valence-electron chi connectivity index (χ0n) is 15.4. The van der Waals surface area contributed by atoms with Crippen LogP contribution in [0.1, 0.15) is 6.92 Å². The topological polar surface area (TPSA) is 87.0 Å². The fraction of sp³-hybridized carbons (Fsp3) is 0.200. The van der Waals surface area contributed by atoms with Crippen molar-refractivity contribution in [1.29, 1.82) is 0 Å². The number of anilines is 1. The Morgan fingerprint density at radius 2 is 1.63 bits per heavy atom. The zero-order chi connectivity index (χ0) is 19.6. The predicted molar refractivity (Wildman–Crippen MR) is 102 cm³/mol. The Labute approximate surface area is 155 Å². The lowest BCUT2D eigenvalue weighted by molar-refractivity contribution is -0.114. The van der Waals surface area contributed by atoms with E-state index in [-0.39, 0.29) is 22.8 Å². The van der Waals surface area contributed by atoms with E-state index < -0.39 is 0 Å². The first-order valence-electron chi connectivity index (χ1n) is 8.12. The van der Waals surface area contributed by atoms with Crippen LogP contribution in [0.5, 0.6) is 17.2 Å². The van der Waals surface area contributed by atoms with E-state index in [1.165, 1.54) is 28.3 Å². The van der Waals surface area contributed by atoms with Gasteiger partial charge >= 0.3 is 0 Å². The van der Waals surface area contributed by atoms with Gasteiger partial charge in [-0.1, -0.05) is 0 Å². The van der Waals surface area contributed by atoms with Crippen molar-refractivity contribution in [3.63, 3.8) is 0 Å². The van der Waals surface area contributed by atoms with Gasteiger partial charge < -0.3 is 23.9 Å². The summed E-state index contributed by atoms with van der Waals surface area (Å²) in [6.07, 6.45) is 0. The number of carbonyl (C=O) groups excluding carboxylic acids is 1. The minimum atomic E-state index is -0.345. The van der Waals surface area contributed by atoms with Crippen LogP contribution in [0.2, 0.25) is 0 Å². The first-order chi connectivity index (χ1) is 13.0. The number of hydrogen-bond donors (Lipinski definition) is 1. The number of hydrogen-bond acceptors (Lipinski definition) is 6. The molecule has 0 radical (unpaired) electrons. The highest BCUT2D eigenvalue weighted by Crippen LogP contribution is 2.35. The fourth-order valence-corrected chi connectivity index (χ4v) is 2.77. The molecule has 0 fully saturated rings. The lowest BCUT2D eigenvalue weighted by Gasteiger charge is -2.12. The summed E-state index contributed by atoms with van der Waals surface area (Å²) in [7, 11) is 4.47. The van der Waals surface area contributed by atoms with Gasteiger partial charge in [0.15, 0.2) is 5.76 Å². The number of benzene rings is 2. The second kappa shape index (κ2) is 7.41. The molecule has 0 saturated carbocycles. The second-order valence-corrected chi connectivity index (χ2v) is 5.79. The molecular formula is C20H19NO6. The number of fused-ring (bicyclic) bond motifs is 1. The van der Waals surface area contributed by atoms with Gasteiger partial charge in [-0.2, -0.15) is 0 Å². The van der Waals surface area contributed by atoms with Gasteiger partial charge in [-0.25, -0.2) is 0 Å². The zero-order valence-corrected chi connectivity index (χ0v) is 15.4. The molecule has 0 unspecified atom stereocenters. The highest BCUT2D eigenvalue weighted by Gasteiger charge is 2.19. The van der Waals surface area contributed by atoms with Crippen molar-refractivity contribution >= 4 is 22.6 Å². The Balaban J connectivity index is 2.25. The van der Waals surface area contributed by atoms with Crippen molar-refractivity contribution in [2.24, 2.45) is 0 Å². The second-order valence-electron chi connectivity index (χ2n) is 5.79. The van der Waals surface area contributed by atoms with Gasteiger partial charge in [0.05, 0.1) is 26.7 Å². The molecule has 0 aliphatic carbocycles. The minimum absolute atomic E-state index is 0.0535. The standard InChI is InChI=1S/C20H19NO6/c1-11(22)21-13-5-6-17-16(9-13)18(23)20(26-4)19(27-17)12-7-14(24-2)10-15(8-12)25-3/h5-10H,1-4H3,(H,21,22). The molecule has 7 nitrogen and oxygen atoms in total. The lowest BCUT2D eigenvalue weighted by Crippen LogP contribution is -2.10. The summed E-state index contributed by atoms with van der Waals surface area (Å²) in [6.45, 7) is 1.40. The molecule has 7 heteroatoms. The van der Waals surface area contributed by atoms with Gasteiger partial charge in [0.25, 0.3) is 0 Å². The molecule has 27 heavy (non-hydrogen) atoms. The Morgan fingerprint density at radius 3 is 2.19 bits per heavy atom. The quantitative estimate of drug-likeness (QED) is 0.741. The van der Waals surface area contributed by atoms with Crippen LogP contribution >= 0.6 is 0 Å². The summed E-state index contributed by atoms with van der Waals surface area (Å²) in [5.74, 6) is 1.19.